The first kappa shape index (κ1) is 20.3. The summed E-state index contributed by atoms with van der Waals surface area (Å²) in [7, 11) is 1.37. The average molecular weight is 411 g/mol. The summed E-state index contributed by atoms with van der Waals surface area (Å²) >= 11 is 0. The van der Waals surface area contributed by atoms with E-state index in [1.807, 2.05) is 0 Å². The standard InChI is InChI=1S/C19H17N5O6/c1-9(25)16(24-23-14-7-10(18(27)28)3-6-15(14)30-2)17(26)20-11-4-5-12-13(8-11)22-19(29)21-12/h3-8,25H,1-2H3,(H,20,26)(H,27,28)(H2,21,22,29). The first-order valence-corrected chi connectivity index (χ1v) is 8.55. The maximum absolute atomic E-state index is 12.6. The quantitative estimate of drug-likeness (QED) is 0.237. The van der Waals surface area contributed by atoms with Crippen LogP contribution in [0.4, 0.5) is 11.4 Å². The van der Waals surface area contributed by atoms with Crippen molar-refractivity contribution in [1.29, 1.82) is 0 Å². The number of azo groups is 1. The highest BCUT2D eigenvalue weighted by atomic mass is 16.5. The third-order valence-electron chi connectivity index (χ3n) is 4.02. The molecule has 0 fully saturated rings. The van der Waals surface area contributed by atoms with Crippen LogP contribution in [0.2, 0.25) is 0 Å². The molecule has 0 bridgehead atoms. The number of aromatic amines is 2. The van der Waals surface area contributed by atoms with Crippen LogP contribution in [0.15, 0.2) is 62.9 Å². The third-order valence-corrected chi connectivity index (χ3v) is 4.02. The Hall–Kier alpha value is -4.41. The molecule has 0 aliphatic heterocycles. The number of aliphatic hydroxyl groups is 1. The van der Waals surface area contributed by atoms with E-state index in [1.165, 1.54) is 38.3 Å². The van der Waals surface area contributed by atoms with Crippen LogP contribution in [0.1, 0.15) is 17.3 Å². The number of carboxylic acid groups (broad SMARTS) is 1. The fraction of sp³-hybridized carbons (Fsp3) is 0.105. The van der Waals surface area contributed by atoms with Gasteiger partial charge in [-0.3, -0.25) is 4.79 Å². The van der Waals surface area contributed by atoms with Crippen LogP contribution in [0.25, 0.3) is 11.0 Å². The van der Waals surface area contributed by atoms with Crippen LogP contribution in [-0.4, -0.2) is 39.2 Å². The number of allylic oxidation sites excluding steroid dienone is 1. The van der Waals surface area contributed by atoms with Gasteiger partial charge in [-0.2, -0.15) is 0 Å². The number of methoxy groups -OCH3 is 1. The van der Waals surface area contributed by atoms with Gasteiger partial charge in [0.15, 0.2) is 5.70 Å². The third kappa shape index (κ3) is 4.35. The molecule has 0 unspecified atom stereocenters. The molecule has 11 nitrogen and oxygen atoms in total. The molecule has 30 heavy (non-hydrogen) atoms. The number of hydrogen-bond acceptors (Lipinski definition) is 7. The van der Waals surface area contributed by atoms with Gasteiger partial charge in [-0.1, -0.05) is 0 Å². The normalized spacial score (nSPS) is 12.1. The van der Waals surface area contributed by atoms with Crippen molar-refractivity contribution in [3.8, 4) is 5.75 Å². The molecular weight excluding hydrogens is 394 g/mol. The Kier molecular flexibility index (Phi) is 5.63. The van der Waals surface area contributed by atoms with Gasteiger partial charge in [0.2, 0.25) is 0 Å². The number of rotatable bonds is 6. The summed E-state index contributed by atoms with van der Waals surface area (Å²) in [5.74, 6) is -2.09. The van der Waals surface area contributed by atoms with E-state index < -0.39 is 17.6 Å². The predicted octanol–water partition coefficient (Wildman–Crippen LogP) is 3.07. The Bertz CT molecular complexity index is 1250. The van der Waals surface area contributed by atoms with Crippen LogP contribution in [0, 0.1) is 0 Å². The van der Waals surface area contributed by atoms with Crippen LogP contribution >= 0.6 is 0 Å². The van der Waals surface area contributed by atoms with E-state index in [2.05, 4.69) is 25.5 Å². The number of benzene rings is 2. The van der Waals surface area contributed by atoms with Gasteiger partial charge in [0, 0.05) is 5.69 Å². The van der Waals surface area contributed by atoms with Crippen molar-refractivity contribution >= 4 is 34.3 Å². The number of ether oxygens (including phenoxy) is 1. The maximum Gasteiger partial charge on any atom is 0.335 e. The molecule has 3 rings (SSSR count). The number of nitrogens with one attached hydrogen (secondary N) is 3. The number of nitrogens with zero attached hydrogens (tertiary/aromatic N) is 2. The van der Waals surface area contributed by atoms with Crippen molar-refractivity contribution in [1.82, 2.24) is 9.97 Å². The zero-order valence-corrected chi connectivity index (χ0v) is 15.9. The van der Waals surface area contributed by atoms with Gasteiger partial charge in [0.1, 0.15) is 17.2 Å². The van der Waals surface area contributed by atoms with Gasteiger partial charge in [-0.15, -0.1) is 10.2 Å². The summed E-state index contributed by atoms with van der Waals surface area (Å²) in [4.78, 5) is 40.2. The number of H-pyrrole nitrogens is 2. The van der Waals surface area contributed by atoms with Gasteiger partial charge >= 0.3 is 11.7 Å². The lowest BCUT2D eigenvalue weighted by atomic mass is 10.2. The van der Waals surface area contributed by atoms with Gasteiger partial charge in [-0.25, -0.2) is 9.59 Å². The van der Waals surface area contributed by atoms with E-state index in [1.54, 1.807) is 12.1 Å². The lowest BCUT2D eigenvalue weighted by Gasteiger charge is -2.07. The molecule has 2 aromatic carbocycles. The minimum Gasteiger partial charge on any atom is -0.510 e. The molecule has 0 aliphatic carbocycles. The summed E-state index contributed by atoms with van der Waals surface area (Å²) in [6.45, 7) is 1.26. The molecule has 154 valence electrons. The van der Waals surface area contributed by atoms with E-state index in [4.69, 9.17) is 9.84 Å². The summed E-state index contributed by atoms with van der Waals surface area (Å²) in [5, 5.41) is 29.2. The van der Waals surface area contributed by atoms with E-state index >= 15 is 0 Å². The topological polar surface area (TPSA) is 169 Å². The first-order chi connectivity index (χ1) is 14.3. The minimum atomic E-state index is -1.17. The molecule has 1 amide bonds. The van der Waals surface area contributed by atoms with Crippen molar-refractivity contribution in [2.75, 3.05) is 12.4 Å². The number of carbonyl (C=O) groups excluding carboxylic acids is 1. The van der Waals surface area contributed by atoms with Crippen LogP contribution in [-0.2, 0) is 4.79 Å². The van der Waals surface area contributed by atoms with E-state index in [-0.39, 0.29) is 28.4 Å². The second kappa shape index (κ2) is 8.31. The number of carboxylic acids is 1. The Morgan fingerprint density at radius 3 is 2.47 bits per heavy atom. The lowest BCUT2D eigenvalue weighted by Crippen LogP contribution is -2.14. The molecule has 5 N–H and O–H groups in total. The monoisotopic (exact) mass is 411 g/mol. The van der Waals surface area contributed by atoms with Crippen LogP contribution in [0.5, 0.6) is 5.75 Å². The number of imidazole rings is 1. The van der Waals surface area contributed by atoms with E-state index in [0.717, 1.165) is 0 Å². The second-order valence-corrected chi connectivity index (χ2v) is 6.12. The lowest BCUT2D eigenvalue weighted by molar-refractivity contribution is -0.113. The molecule has 0 spiro atoms. The molecule has 0 atom stereocenters. The molecule has 0 saturated heterocycles. The van der Waals surface area contributed by atoms with Crippen LogP contribution in [0.3, 0.4) is 0 Å². The van der Waals surface area contributed by atoms with E-state index in [0.29, 0.717) is 16.7 Å². The smallest absolute Gasteiger partial charge is 0.335 e. The molecule has 0 radical (unpaired) electrons. The molecule has 0 aliphatic rings. The van der Waals surface area contributed by atoms with E-state index in [9.17, 15) is 19.5 Å². The number of anilines is 1. The number of fused-ring (bicyclic) bond motifs is 1. The zero-order valence-electron chi connectivity index (χ0n) is 15.9. The van der Waals surface area contributed by atoms with Gasteiger partial charge < -0.3 is 30.2 Å². The average Bonchev–Trinajstić information content (AvgIpc) is 3.06. The van der Waals surface area contributed by atoms with Crippen molar-refractivity contribution in [3.05, 3.63) is 63.9 Å². The van der Waals surface area contributed by atoms with Gasteiger partial charge in [-0.05, 0) is 43.3 Å². The summed E-state index contributed by atoms with van der Waals surface area (Å²) in [6.07, 6.45) is 0. The number of aromatic carboxylic acids is 1. The molecule has 1 aromatic heterocycles. The van der Waals surface area contributed by atoms with Gasteiger partial charge in [0.05, 0.1) is 23.7 Å². The second-order valence-electron chi connectivity index (χ2n) is 6.12. The van der Waals surface area contributed by atoms with Crippen molar-refractivity contribution in [2.24, 2.45) is 10.2 Å². The summed E-state index contributed by atoms with van der Waals surface area (Å²) < 4.78 is 5.11. The molecule has 0 saturated carbocycles. The van der Waals surface area contributed by atoms with Gasteiger partial charge in [0.25, 0.3) is 5.91 Å². The SMILES string of the molecule is COc1ccc(C(=O)O)cc1N=NC(C(=O)Nc1ccc2[nH]c(=O)[nH]c2c1)=C(C)O. The zero-order chi connectivity index (χ0) is 21.8. The number of aromatic nitrogens is 2. The number of carbonyl (C=O) groups is 2. The summed E-state index contributed by atoms with van der Waals surface area (Å²) in [5.41, 5.74) is 0.650. The molecule has 1 heterocycles. The first-order valence-electron chi connectivity index (χ1n) is 8.55. The highest BCUT2D eigenvalue weighted by Crippen LogP contribution is 2.29. The Labute approximate surface area is 168 Å². The number of amides is 1. The Morgan fingerprint density at radius 1 is 1.07 bits per heavy atom. The maximum atomic E-state index is 12.6. The molecule has 11 heteroatoms. The Balaban J connectivity index is 1.87. The minimum absolute atomic E-state index is 0.0470. The largest absolute Gasteiger partial charge is 0.510 e. The molecule has 3 aromatic rings. The van der Waals surface area contributed by atoms with Crippen LogP contribution < -0.4 is 15.7 Å². The fourth-order valence-electron chi connectivity index (χ4n) is 2.59. The predicted molar refractivity (Wildman–Crippen MR) is 107 cm³/mol. The highest BCUT2D eigenvalue weighted by Gasteiger charge is 2.15. The Morgan fingerprint density at radius 2 is 1.80 bits per heavy atom. The molecular formula is C19H17N5O6. The summed E-state index contributed by atoms with van der Waals surface area (Å²) in [6, 6.07) is 8.66. The van der Waals surface area contributed by atoms with Crippen molar-refractivity contribution in [3.63, 3.8) is 0 Å². The van der Waals surface area contributed by atoms with Crippen molar-refractivity contribution in [2.45, 2.75) is 6.92 Å². The fourth-order valence-corrected chi connectivity index (χ4v) is 2.59. The van der Waals surface area contributed by atoms with Crippen molar-refractivity contribution < 1.29 is 24.5 Å². The number of aliphatic hydroxyl groups excluding tert-OH is 1. The number of hydrogen-bond donors (Lipinski definition) is 5. The highest BCUT2D eigenvalue weighted by molar-refractivity contribution is 6.04.